The first kappa shape index (κ1) is 25.1. The number of piperazine rings is 1. The lowest BCUT2D eigenvalue weighted by Crippen LogP contribution is -2.54. The lowest BCUT2D eigenvalue weighted by molar-refractivity contribution is 0.0904. The van der Waals surface area contributed by atoms with Crippen molar-refractivity contribution in [2.24, 2.45) is 4.99 Å². The van der Waals surface area contributed by atoms with Crippen LogP contribution < -0.4 is 5.32 Å². The fourth-order valence-corrected chi connectivity index (χ4v) is 4.19. The molecule has 0 aromatic carbocycles. The van der Waals surface area contributed by atoms with E-state index in [9.17, 15) is 8.42 Å². The first-order valence-electron chi connectivity index (χ1n) is 9.43. The van der Waals surface area contributed by atoms with Crippen molar-refractivity contribution in [3.63, 3.8) is 0 Å². The first-order chi connectivity index (χ1) is 12.9. The van der Waals surface area contributed by atoms with E-state index in [4.69, 9.17) is 4.74 Å². The third-order valence-electron chi connectivity index (χ3n) is 4.37. The van der Waals surface area contributed by atoms with Crippen molar-refractivity contribution in [2.75, 3.05) is 52.1 Å². The predicted molar refractivity (Wildman–Crippen MR) is 122 cm³/mol. The van der Waals surface area contributed by atoms with Crippen molar-refractivity contribution >= 4 is 40.0 Å². The van der Waals surface area contributed by atoms with Gasteiger partial charge >= 0.3 is 0 Å². The highest BCUT2D eigenvalue weighted by Gasteiger charge is 2.27. The number of halogens is 1. The number of hydrogen-bond donors (Lipinski definition) is 1. The average molecular weight is 528 g/mol. The van der Waals surface area contributed by atoms with Crippen molar-refractivity contribution < 1.29 is 13.2 Å². The van der Waals surface area contributed by atoms with Crippen LogP contribution in [0.4, 0.5) is 0 Å². The van der Waals surface area contributed by atoms with Crippen molar-refractivity contribution in [1.82, 2.24) is 24.1 Å². The summed E-state index contributed by atoms with van der Waals surface area (Å²) in [6.07, 6.45) is 6.52. The summed E-state index contributed by atoms with van der Waals surface area (Å²) in [4.78, 5) is 10.5. The first-order valence-corrected chi connectivity index (χ1v) is 11.0. The Labute approximate surface area is 185 Å². The third kappa shape index (κ3) is 8.21. The predicted octanol–water partition coefficient (Wildman–Crippen LogP) is 0.839. The van der Waals surface area contributed by atoms with Crippen molar-refractivity contribution in [2.45, 2.75) is 32.9 Å². The molecule has 0 saturated carbocycles. The summed E-state index contributed by atoms with van der Waals surface area (Å²) >= 11 is 0. The van der Waals surface area contributed by atoms with Gasteiger partial charge in [0.15, 0.2) is 5.96 Å². The highest BCUT2D eigenvalue weighted by molar-refractivity contribution is 14.0. The van der Waals surface area contributed by atoms with Gasteiger partial charge in [0, 0.05) is 58.7 Å². The van der Waals surface area contributed by atoms with Gasteiger partial charge in [0.2, 0.25) is 10.0 Å². The maximum Gasteiger partial charge on any atom is 0.216 e. The minimum Gasteiger partial charge on any atom is -0.378 e. The third-order valence-corrected chi connectivity index (χ3v) is 6.21. The Morgan fingerprint density at radius 2 is 2.00 bits per heavy atom. The van der Waals surface area contributed by atoms with Crippen LogP contribution in [-0.2, 0) is 21.3 Å². The van der Waals surface area contributed by atoms with E-state index < -0.39 is 10.0 Å². The average Bonchev–Trinajstić information content (AvgIpc) is 3.15. The summed E-state index contributed by atoms with van der Waals surface area (Å²) in [5.41, 5.74) is 0. The molecule has 1 aromatic heterocycles. The van der Waals surface area contributed by atoms with Gasteiger partial charge in [-0.25, -0.2) is 13.4 Å². The molecule has 11 heteroatoms. The molecule has 162 valence electrons. The van der Waals surface area contributed by atoms with Crippen molar-refractivity contribution in [1.29, 1.82) is 0 Å². The number of aryl methyl sites for hydroxylation is 1. The van der Waals surface area contributed by atoms with Gasteiger partial charge in [-0.15, -0.1) is 24.0 Å². The Kier molecular flexibility index (Phi) is 11.3. The second-order valence-electron chi connectivity index (χ2n) is 6.75. The lowest BCUT2D eigenvalue weighted by Gasteiger charge is -2.35. The Bertz CT molecular complexity index is 673. The van der Waals surface area contributed by atoms with Crippen LogP contribution in [0.25, 0.3) is 0 Å². The number of aliphatic imine (C=N–C) groups is 1. The lowest BCUT2D eigenvalue weighted by atomic mass is 10.3. The number of rotatable bonds is 9. The van der Waals surface area contributed by atoms with E-state index in [1.54, 1.807) is 23.9 Å². The number of guanidine groups is 1. The molecule has 0 spiro atoms. The highest BCUT2D eigenvalue weighted by Crippen LogP contribution is 2.09. The van der Waals surface area contributed by atoms with E-state index >= 15 is 0 Å². The standard InChI is InChI=1S/C17H32N6O3S.HI/c1-16(2)26-13-14-27(24,25)23-11-9-22(10-12-23)17(18-3)20-5-4-7-21-8-6-19-15-21;/h6,8,15-16H,4-5,7,9-14H2,1-3H3,(H,18,20);1H. The van der Waals surface area contributed by atoms with Crippen LogP contribution in [0.2, 0.25) is 0 Å². The number of hydrogen-bond acceptors (Lipinski definition) is 5. The minimum atomic E-state index is -3.27. The van der Waals surface area contributed by atoms with Gasteiger partial charge in [-0.3, -0.25) is 4.99 Å². The molecule has 0 unspecified atom stereocenters. The van der Waals surface area contributed by atoms with Crippen LogP contribution in [-0.4, -0.2) is 91.4 Å². The van der Waals surface area contributed by atoms with E-state index in [1.807, 2.05) is 24.6 Å². The van der Waals surface area contributed by atoms with Gasteiger partial charge in [-0.2, -0.15) is 4.31 Å². The van der Waals surface area contributed by atoms with Gasteiger partial charge in [0.05, 0.1) is 24.8 Å². The molecule has 0 atom stereocenters. The van der Waals surface area contributed by atoms with Crippen LogP contribution in [0.5, 0.6) is 0 Å². The van der Waals surface area contributed by atoms with Gasteiger partial charge in [-0.05, 0) is 20.3 Å². The van der Waals surface area contributed by atoms with Gasteiger partial charge < -0.3 is 19.5 Å². The van der Waals surface area contributed by atoms with Crippen LogP contribution in [0.15, 0.2) is 23.7 Å². The molecule has 1 saturated heterocycles. The second-order valence-corrected chi connectivity index (χ2v) is 8.84. The summed E-state index contributed by atoms with van der Waals surface area (Å²) in [6.45, 7) is 7.94. The topological polar surface area (TPSA) is 92.1 Å². The van der Waals surface area contributed by atoms with Gasteiger partial charge in [-0.1, -0.05) is 0 Å². The quantitative estimate of drug-likeness (QED) is 0.221. The molecule has 2 rings (SSSR count). The number of nitrogens with one attached hydrogen (secondary N) is 1. The smallest absolute Gasteiger partial charge is 0.216 e. The maximum absolute atomic E-state index is 12.4. The molecular weight excluding hydrogens is 495 g/mol. The molecule has 1 N–H and O–H groups in total. The number of sulfonamides is 1. The van der Waals surface area contributed by atoms with E-state index in [0.29, 0.717) is 26.2 Å². The van der Waals surface area contributed by atoms with Crippen molar-refractivity contribution in [3.8, 4) is 0 Å². The van der Waals surface area contributed by atoms with Crippen LogP contribution >= 0.6 is 24.0 Å². The molecule has 1 fully saturated rings. The fourth-order valence-electron chi connectivity index (χ4n) is 2.91. The Morgan fingerprint density at radius 3 is 2.57 bits per heavy atom. The molecular formula is C17H33IN6O3S. The SMILES string of the molecule is CN=C(NCCCn1ccnc1)N1CCN(S(=O)(=O)CCOC(C)C)CC1.I. The molecule has 9 nitrogen and oxygen atoms in total. The highest BCUT2D eigenvalue weighted by atomic mass is 127. The van der Waals surface area contributed by atoms with Crippen LogP contribution in [0.1, 0.15) is 20.3 Å². The zero-order valence-electron chi connectivity index (χ0n) is 17.0. The molecule has 0 radical (unpaired) electrons. The largest absolute Gasteiger partial charge is 0.378 e. The summed E-state index contributed by atoms with van der Waals surface area (Å²) in [5.74, 6) is 0.854. The summed E-state index contributed by atoms with van der Waals surface area (Å²) < 4.78 is 33.8. The van der Waals surface area contributed by atoms with Crippen LogP contribution in [0, 0.1) is 0 Å². The molecule has 1 aliphatic heterocycles. The number of nitrogens with zero attached hydrogens (tertiary/aromatic N) is 5. The van der Waals surface area contributed by atoms with E-state index in [2.05, 4.69) is 20.2 Å². The Hall–Kier alpha value is -0.920. The Balaban J connectivity index is 0.00000392. The zero-order chi connectivity index (χ0) is 19.7. The van der Waals surface area contributed by atoms with Crippen LogP contribution in [0.3, 0.4) is 0 Å². The van der Waals surface area contributed by atoms with Gasteiger partial charge in [0.25, 0.3) is 0 Å². The molecule has 1 aliphatic rings. The van der Waals surface area contributed by atoms with Gasteiger partial charge in [0.1, 0.15) is 0 Å². The Morgan fingerprint density at radius 1 is 1.29 bits per heavy atom. The maximum atomic E-state index is 12.4. The molecule has 28 heavy (non-hydrogen) atoms. The fraction of sp³-hybridized carbons (Fsp3) is 0.765. The van der Waals surface area contributed by atoms with Crippen molar-refractivity contribution in [3.05, 3.63) is 18.7 Å². The summed E-state index contributed by atoms with van der Waals surface area (Å²) in [6, 6.07) is 0. The number of aromatic nitrogens is 2. The van der Waals surface area contributed by atoms with E-state index in [-0.39, 0.29) is 42.4 Å². The number of imidazole rings is 1. The zero-order valence-corrected chi connectivity index (χ0v) is 20.1. The molecule has 0 aliphatic carbocycles. The molecule has 1 aromatic rings. The minimum absolute atomic E-state index is 0. The molecule has 0 amide bonds. The monoisotopic (exact) mass is 528 g/mol. The summed E-state index contributed by atoms with van der Waals surface area (Å²) in [7, 11) is -1.51. The molecule has 0 bridgehead atoms. The van der Waals surface area contributed by atoms with E-state index in [0.717, 1.165) is 25.5 Å². The normalized spacial score (nSPS) is 16.3. The molecule has 2 heterocycles. The summed E-state index contributed by atoms with van der Waals surface area (Å²) in [5, 5.41) is 3.36. The number of ether oxygens (including phenoxy) is 1. The second kappa shape index (κ2) is 12.6. The van der Waals surface area contributed by atoms with E-state index in [1.165, 1.54) is 0 Å².